The largest absolute Gasteiger partial charge is 0.479 e. The molecule has 0 bridgehead atoms. The Hall–Kier alpha value is -0.660. The minimum absolute atomic E-state index is 0.875. The molecule has 0 aromatic rings. The maximum atomic E-state index is 5.52. The number of hydrogen-bond donors (Lipinski definition) is 1. The van der Waals surface area contributed by atoms with Gasteiger partial charge in [0.2, 0.25) is 0 Å². The van der Waals surface area contributed by atoms with E-state index in [2.05, 4.69) is 19.2 Å². The molecular formula is C9H17NO. The van der Waals surface area contributed by atoms with Crippen molar-refractivity contribution >= 4 is 0 Å². The van der Waals surface area contributed by atoms with Crippen LogP contribution in [-0.4, -0.2) is 13.2 Å². The zero-order chi connectivity index (χ0) is 8.10. The number of rotatable bonds is 1. The van der Waals surface area contributed by atoms with Gasteiger partial charge in [-0.1, -0.05) is 6.92 Å². The first-order valence-electron chi connectivity index (χ1n) is 4.41. The quantitative estimate of drug-likeness (QED) is 0.625. The monoisotopic (exact) mass is 155 g/mol. The van der Waals surface area contributed by atoms with E-state index in [1.807, 2.05) is 0 Å². The van der Waals surface area contributed by atoms with Gasteiger partial charge < -0.3 is 10.1 Å². The van der Waals surface area contributed by atoms with Gasteiger partial charge in [-0.3, -0.25) is 0 Å². The van der Waals surface area contributed by atoms with Gasteiger partial charge >= 0.3 is 0 Å². The lowest BCUT2D eigenvalue weighted by Gasteiger charge is -2.10. The third-order valence-corrected chi connectivity index (χ3v) is 2.02. The lowest BCUT2D eigenvalue weighted by molar-refractivity contribution is 0.200. The summed E-state index contributed by atoms with van der Waals surface area (Å²) in [5, 5.41) is 3.29. The molecule has 0 saturated carbocycles. The number of allylic oxidation sites excluding steroid dienone is 1. The van der Waals surface area contributed by atoms with Crippen molar-refractivity contribution < 1.29 is 4.74 Å². The van der Waals surface area contributed by atoms with Crippen LogP contribution in [0.3, 0.4) is 0 Å². The lowest BCUT2D eigenvalue weighted by atomic mass is 10.2. The molecule has 0 spiro atoms. The Morgan fingerprint density at radius 3 is 3.09 bits per heavy atom. The molecule has 1 fully saturated rings. The van der Waals surface area contributed by atoms with Crippen LogP contribution in [0.1, 0.15) is 33.1 Å². The first-order chi connectivity index (χ1) is 5.34. The van der Waals surface area contributed by atoms with Gasteiger partial charge in [-0.05, 0) is 31.8 Å². The van der Waals surface area contributed by atoms with Gasteiger partial charge in [-0.25, -0.2) is 0 Å². The Labute approximate surface area is 68.6 Å². The number of ether oxygens (including phenoxy) is 1. The Kier molecular flexibility index (Phi) is 3.27. The van der Waals surface area contributed by atoms with Gasteiger partial charge in [0.1, 0.15) is 0 Å². The van der Waals surface area contributed by atoms with Crippen molar-refractivity contribution in [1.29, 1.82) is 0 Å². The zero-order valence-corrected chi connectivity index (χ0v) is 7.44. The Bertz CT molecular complexity index is 142. The fourth-order valence-corrected chi connectivity index (χ4v) is 1.09. The maximum absolute atomic E-state index is 5.52. The fourth-order valence-electron chi connectivity index (χ4n) is 1.09. The van der Waals surface area contributed by atoms with Gasteiger partial charge in [0.25, 0.3) is 0 Å². The summed E-state index contributed by atoms with van der Waals surface area (Å²) in [5.74, 6) is 1.02. The SMILES string of the molecule is CC/C(C)=C1\NCCCCO1. The minimum atomic E-state index is 0.875. The van der Waals surface area contributed by atoms with E-state index < -0.39 is 0 Å². The highest BCUT2D eigenvalue weighted by atomic mass is 16.5. The van der Waals surface area contributed by atoms with Crippen LogP contribution in [0.4, 0.5) is 0 Å². The van der Waals surface area contributed by atoms with Crippen molar-refractivity contribution in [1.82, 2.24) is 5.32 Å². The van der Waals surface area contributed by atoms with E-state index >= 15 is 0 Å². The summed E-state index contributed by atoms with van der Waals surface area (Å²) >= 11 is 0. The van der Waals surface area contributed by atoms with Gasteiger partial charge in [-0.2, -0.15) is 0 Å². The minimum Gasteiger partial charge on any atom is -0.479 e. The van der Waals surface area contributed by atoms with Crippen LogP contribution < -0.4 is 5.32 Å². The van der Waals surface area contributed by atoms with Crippen LogP contribution in [0.2, 0.25) is 0 Å². The molecule has 11 heavy (non-hydrogen) atoms. The fraction of sp³-hybridized carbons (Fsp3) is 0.778. The molecule has 0 aromatic carbocycles. The molecule has 1 saturated heterocycles. The Morgan fingerprint density at radius 2 is 2.36 bits per heavy atom. The topological polar surface area (TPSA) is 21.3 Å². The average molecular weight is 155 g/mol. The Balaban J connectivity index is 2.54. The van der Waals surface area contributed by atoms with Crippen LogP contribution >= 0.6 is 0 Å². The molecular weight excluding hydrogens is 138 g/mol. The molecule has 1 aliphatic heterocycles. The maximum Gasteiger partial charge on any atom is 0.185 e. The Morgan fingerprint density at radius 1 is 1.55 bits per heavy atom. The summed E-state index contributed by atoms with van der Waals surface area (Å²) in [6.45, 7) is 6.21. The summed E-state index contributed by atoms with van der Waals surface area (Å²) in [7, 11) is 0. The molecule has 1 heterocycles. The molecule has 1 aliphatic rings. The molecule has 0 radical (unpaired) electrons. The molecule has 64 valence electrons. The summed E-state index contributed by atoms with van der Waals surface area (Å²) in [4.78, 5) is 0. The molecule has 0 unspecified atom stereocenters. The van der Waals surface area contributed by atoms with Crippen molar-refractivity contribution in [2.24, 2.45) is 0 Å². The van der Waals surface area contributed by atoms with Crippen molar-refractivity contribution in [3.05, 3.63) is 11.5 Å². The number of hydrogen-bond acceptors (Lipinski definition) is 2. The van der Waals surface area contributed by atoms with E-state index in [-0.39, 0.29) is 0 Å². The molecule has 0 aromatic heterocycles. The average Bonchev–Trinajstić information content (AvgIpc) is 2.30. The van der Waals surface area contributed by atoms with Crippen molar-refractivity contribution in [2.45, 2.75) is 33.1 Å². The molecule has 1 N–H and O–H groups in total. The van der Waals surface area contributed by atoms with Crippen molar-refractivity contribution in [3.8, 4) is 0 Å². The van der Waals surface area contributed by atoms with E-state index in [0.29, 0.717) is 0 Å². The van der Waals surface area contributed by atoms with E-state index in [1.165, 1.54) is 18.4 Å². The number of nitrogens with one attached hydrogen (secondary N) is 1. The molecule has 2 nitrogen and oxygen atoms in total. The van der Waals surface area contributed by atoms with Crippen LogP contribution in [0.15, 0.2) is 11.5 Å². The standard InChI is InChI=1S/C9H17NO/c1-3-8(2)9-10-6-4-5-7-11-9/h10H,3-7H2,1-2H3/b9-8+. The summed E-state index contributed by atoms with van der Waals surface area (Å²) in [6, 6.07) is 0. The lowest BCUT2D eigenvalue weighted by Crippen LogP contribution is -2.15. The van der Waals surface area contributed by atoms with Gasteiger partial charge in [0.05, 0.1) is 6.61 Å². The first kappa shape index (κ1) is 8.44. The third kappa shape index (κ3) is 2.45. The van der Waals surface area contributed by atoms with Gasteiger partial charge in [0, 0.05) is 6.54 Å². The first-order valence-corrected chi connectivity index (χ1v) is 4.41. The summed E-state index contributed by atoms with van der Waals surface area (Å²) in [6.07, 6.45) is 3.47. The van der Waals surface area contributed by atoms with Crippen LogP contribution in [0, 0.1) is 0 Å². The van der Waals surface area contributed by atoms with E-state index in [4.69, 9.17) is 4.74 Å². The highest BCUT2D eigenvalue weighted by molar-refractivity contribution is 5.03. The van der Waals surface area contributed by atoms with Crippen molar-refractivity contribution in [2.75, 3.05) is 13.2 Å². The van der Waals surface area contributed by atoms with Crippen LogP contribution in [-0.2, 0) is 4.74 Å². The smallest absolute Gasteiger partial charge is 0.185 e. The highest BCUT2D eigenvalue weighted by Crippen LogP contribution is 2.10. The molecule has 0 aliphatic carbocycles. The molecule has 0 amide bonds. The predicted molar refractivity (Wildman–Crippen MR) is 46.2 cm³/mol. The second-order valence-electron chi connectivity index (χ2n) is 2.95. The summed E-state index contributed by atoms with van der Waals surface area (Å²) in [5.41, 5.74) is 1.33. The van der Waals surface area contributed by atoms with E-state index in [0.717, 1.165) is 25.5 Å². The molecule has 0 atom stereocenters. The van der Waals surface area contributed by atoms with Crippen LogP contribution in [0.5, 0.6) is 0 Å². The molecule has 2 heteroatoms. The van der Waals surface area contributed by atoms with E-state index in [1.54, 1.807) is 0 Å². The zero-order valence-electron chi connectivity index (χ0n) is 7.44. The van der Waals surface area contributed by atoms with Crippen molar-refractivity contribution in [3.63, 3.8) is 0 Å². The summed E-state index contributed by atoms with van der Waals surface area (Å²) < 4.78 is 5.52. The second kappa shape index (κ2) is 4.27. The van der Waals surface area contributed by atoms with Crippen LogP contribution in [0.25, 0.3) is 0 Å². The predicted octanol–water partition coefficient (Wildman–Crippen LogP) is 2.03. The van der Waals surface area contributed by atoms with E-state index in [9.17, 15) is 0 Å². The molecule has 1 rings (SSSR count). The second-order valence-corrected chi connectivity index (χ2v) is 2.95. The van der Waals surface area contributed by atoms with Gasteiger partial charge in [-0.15, -0.1) is 0 Å². The van der Waals surface area contributed by atoms with Gasteiger partial charge in [0.15, 0.2) is 5.88 Å². The third-order valence-electron chi connectivity index (χ3n) is 2.02. The normalized spacial score (nSPS) is 23.1. The highest BCUT2D eigenvalue weighted by Gasteiger charge is 2.05.